The van der Waals surface area contributed by atoms with Gasteiger partial charge in [-0.05, 0) is 52.0 Å². The summed E-state index contributed by atoms with van der Waals surface area (Å²) in [6.07, 6.45) is 4.51. The van der Waals surface area contributed by atoms with Crippen molar-refractivity contribution < 1.29 is 14.1 Å². The van der Waals surface area contributed by atoms with Crippen LogP contribution in [-0.4, -0.2) is 60.7 Å². The third-order valence-electron chi connectivity index (χ3n) is 6.72. The highest BCUT2D eigenvalue weighted by Gasteiger charge is 2.36. The Morgan fingerprint density at radius 3 is 2.85 bits per heavy atom. The minimum absolute atomic E-state index is 0.0988. The monoisotopic (exact) mass is 453 g/mol. The maximum Gasteiger partial charge on any atom is 0.272 e. The van der Waals surface area contributed by atoms with Crippen molar-refractivity contribution in [3.63, 3.8) is 0 Å². The van der Waals surface area contributed by atoms with Gasteiger partial charge < -0.3 is 14.2 Å². The molecule has 0 aliphatic carbocycles. The Balaban J connectivity index is 1.35. The zero-order valence-electron chi connectivity index (χ0n) is 19.5. The predicted octanol–water partition coefficient (Wildman–Crippen LogP) is 3.55. The van der Waals surface area contributed by atoms with Crippen LogP contribution in [0.2, 0.25) is 0 Å². The molecule has 0 spiro atoms. The number of hydrogen-bond donors (Lipinski definition) is 1. The average Bonchev–Trinajstić information content (AvgIpc) is 3.61. The third-order valence-corrected chi connectivity index (χ3v) is 6.72. The summed E-state index contributed by atoms with van der Waals surface area (Å²) in [5.74, 6) is 1.41. The molecular formula is C23H31N7O3. The van der Waals surface area contributed by atoms with E-state index in [1.807, 2.05) is 29.5 Å². The van der Waals surface area contributed by atoms with Crippen molar-refractivity contribution in [2.24, 2.45) is 0 Å². The molecule has 10 nitrogen and oxygen atoms in total. The number of nitrogens with zero attached hydrogens (tertiary/aromatic N) is 6. The molecule has 5 rings (SSSR count). The zero-order valence-corrected chi connectivity index (χ0v) is 19.5. The van der Waals surface area contributed by atoms with E-state index >= 15 is 0 Å². The van der Waals surface area contributed by atoms with Gasteiger partial charge in [0.2, 0.25) is 5.89 Å². The molecule has 2 aliphatic rings. The van der Waals surface area contributed by atoms with Crippen LogP contribution < -0.4 is 0 Å². The summed E-state index contributed by atoms with van der Waals surface area (Å²) in [5, 5.41) is 16.2. The van der Waals surface area contributed by atoms with E-state index in [9.17, 15) is 4.79 Å². The van der Waals surface area contributed by atoms with Crippen LogP contribution in [0.15, 0.2) is 10.6 Å². The van der Waals surface area contributed by atoms with Crippen molar-refractivity contribution >= 4 is 5.91 Å². The number of carbonyl (C=O) groups is 1. The highest BCUT2D eigenvalue weighted by molar-refractivity contribution is 5.94. The van der Waals surface area contributed by atoms with E-state index in [4.69, 9.17) is 9.26 Å². The number of aromatic amines is 1. The largest absolute Gasteiger partial charge is 0.381 e. The van der Waals surface area contributed by atoms with Gasteiger partial charge in [0.25, 0.3) is 5.91 Å². The fourth-order valence-electron chi connectivity index (χ4n) is 4.98. The molecule has 2 saturated heterocycles. The predicted molar refractivity (Wildman–Crippen MR) is 120 cm³/mol. The van der Waals surface area contributed by atoms with Gasteiger partial charge in [-0.1, -0.05) is 12.1 Å². The number of H-pyrrole nitrogens is 1. The first-order valence-corrected chi connectivity index (χ1v) is 11.9. The van der Waals surface area contributed by atoms with Gasteiger partial charge >= 0.3 is 0 Å². The Morgan fingerprint density at radius 1 is 1.24 bits per heavy atom. The minimum Gasteiger partial charge on any atom is -0.381 e. The lowest BCUT2D eigenvalue weighted by Gasteiger charge is -2.21. The molecule has 0 bridgehead atoms. The van der Waals surface area contributed by atoms with Crippen LogP contribution >= 0.6 is 0 Å². The lowest BCUT2D eigenvalue weighted by atomic mass is 10.00. The quantitative estimate of drug-likeness (QED) is 0.607. The van der Waals surface area contributed by atoms with Gasteiger partial charge in [-0.3, -0.25) is 14.6 Å². The average molecular weight is 454 g/mol. The maximum atomic E-state index is 13.4. The van der Waals surface area contributed by atoms with E-state index in [2.05, 4.69) is 32.4 Å². The summed E-state index contributed by atoms with van der Waals surface area (Å²) >= 11 is 0. The number of nitrogens with one attached hydrogen (secondary N) is 1. The van der Waals surface area contributed by atoms with Gasteiger partial charge in [0.1, 0.15) is 11.7 Å². The van der Waals surface area contributed by atoms with Crippen molar-refractivity contribution in [1.82, 2.24) is 35.0 Å². The topological polar surface area (TPSA) is 115 Å². The molecule has 1 amide bonds. The summed E-state index contributed by atoms with van der Waals surface area (Å²) in [6.45, 7) is 9.11. The number of aryl methyl sites for hydroxylation is 2. The molecule has 3 aromatic rings. The smallest absolute Gasteiger partial charge is 0.272 e. The molecule has 0 aromatic carbocycles. The van der Waals surface area contributed by atoms with Crippen molar-refractivity contribution in [1.29, 1.82) is 0 Å². The van der Waals surface area contributed by atoms with Gasteiger partial charge in [0.15, 0.2) is 5.82 Å². The number of aromatic nitrogens is 6. The number of rotatable bonds is 6. The Morgan fingerprint density at radius 2 is 2.06 bits per heavy atom. The van der Waals surface area contributed by atoms with Crippen LogP contribution in [0.3, 0.4) is 0 Å². The SMILES string of the molecule is CCCn1nc(C)c(-c2cc(C(=O)N3CCCC3c3nc(C4CCOCC4)no3)[nH]n2)c1C. The number of ether oxygens (including phenoxy) is 1. The van der Waals surface area contributed by atoms with Crippen molar-refractivity contribution in [3.8, 4) is 11.3 Å². The lowest BCUT2D eigenvalue weighted by Crippen LogP contribution is -2.31. The first-order valence-electron chi connectivity index (χ1n) is 11.9. The molecule has 1 atom stereocenters. The highest BCUT2D eigenvalue weighted by atomic mass is 16.5. The number of amides is 1. The van der Waals surface area contributed by atoms with Crippen LogP contribution in [0.1, 0.15) is 84.6 Å². The second kappa shape index (κ2) is 9.09. The molecule has 0 radical (unpaired) electrons. The first-order chi connectivity index (χ1) is 16.1. The molecule has 0 saturated carbocycles. The van der Waals surface area contributed by atoms with Gasteiger partial charge in [-0.25, -0.2) is 0 Å². The fraction of sp³-hybridized carbons (Fsp3) is 0.609. The van der Waals surface area contributed by atoms with Gasteiger partial charge in [0.05, 0.1) is 11.4 Å². The van der Waals surface area contributed by atoms with Crippen LogP contribution in [0.25, 0.3) is 11.3 Å². The summed E-state index contributed by atoms with van der Waals surface area (Å²) in [7, 11) is 0. The van der Waals surface area contributed by atoms with E-state index in [1.54, 1.807) is 0 Å². The van der Waals surface area contributed by atoms with Crippen LogP contribution in [0.5, 0.6) is 0 Å². The van der Waals surface area contributed by atoms with E-state index in [1.165, 1.54) is 0 Å². The third kappa shape index (κ3) is 4.07. The van der Waals surface area contributed by atoms with Crippen LogP contribution in [0.4, 0.5) is 0 Å². The van der Waals surface area contributed by atoms with Gasteiger partial charge in [0, 0.05) is 43.5 Å². The van der Waals surface area contributed by atoms with E-state index in [0.717, 1.165) is 80.3 Å². The molecule has 3 aromatic heterocycles. The lowest BCUT2D eigenvalue weighted by molar-refractivity contribution is 0.0704. The highest BCUT2D eigenvalue weighted by Crippen LogP contribution is 2.34. The Hall–Kier alpha value is -3.01. The molecule has 2 aliphatic heterocycles. The maximum absolute atomic E-state index is 13.4. The Kier molecular flexibility index (Phi) is 6.01. The molecule has 10 heteroatoms. The van der Waals surface area contributed by atoms with Gasteiger partial charge in [-0.2, -0.15) is 15.2 Å². The van der Waals surface area contributed by atoms with Crippen LogP contribution in [-0.2, 0) is 11.3 Å². The van der Waals surface area contributed by atoms with Crippen molar-refractivity contribution in [3.05, 3.63) is 34.9 Å². The normalized spacial score (nSPS) is 19.5. The molecule has 33 heavy (non-hydrogen) atoms. The molecular weight excluding hydrogens is 422 g/mol. The summed E-state index contributed by atoms with van der Waals surface area (Å²) in [5.41, 5.74) is 4.16. The molecule has 1 unspecified atom stereocenters. The Labute approximate surface area is 192 Å². The number of carbonyl (C=O) groups excluding carboxylic acids is 1. The van der Waals surface area contributed by atoms with E-state index in [0.29, 0.717) is 18.1 Å². The minimum atomic E-state index is -0.207. The Bertz CT molecular complexity index is 1130. The van der Waals surface area contributed by atoms with E-state index < -0.39 is 0 Å². The molecule has 1 N–H and O–H groups in total. The fourth-order valence-corrected chi connectivity index (χ4v) is 4.98. The number of likely N-dealkylation sites (tertiary alicyclic amines) is 1. The molecule has 5 heterocycles. The van der Waals surface area contributed by atoms with Gasteiger partial charge in [-0.15, -0.1) is 0 Å². The first kappa shape index (κ1) is 21.8. The summed E-state index contributed by atoms with van der Waals surface area (Å²) < 4.78 is 13.1. The zero-order chi connectivity index (χ0) is 22.9. The molecule has 176 valence electrons. The summed E-state index contributed by atoms with van der Waals surface area (Å²) in [6, 6.07) is 1.62. The van der Waals surface area contributed by atoms with Crippen molar-refractivity contribution in [2.45, 2.75) is 71.4 Å². The summed E-state index contributed by atoms with van der Waals surface area (Å²) in [4.78, 5) is 19.9. The van der Waals surface area contributed by atoms with Crippen LogP contribution in [0, 0.1) is 13.8 Å². The standard InChI is InChI=1S/C23H31N7O3/c1-4-9-30-15(3)20(14(2)27-30)17-13-18(26-25-17)23(31)29-10-5-6-19(29)22-24-21(28-33-22)16-7-11-32-12-8-16/h13,16,19H,4-12H2,1-3H3,(H,25,26). The number of hydrogen-bond acceptors (Lipinski definition) is 7. The molecule has 2 fully saturated rings. The van der Waals surface area contributed by atoms with E-state index in [-0.39, 0.29) is 17.9 Å². The van der Waals surface area contributed by atoms with Crippen molar-refractivity contribution in [2.75, 3.05) is 19.8 Å². The second-order valence-corrected chi connectivity index (χ2v) is 8.97. The second-order valence-electron chi connectivity index (χ2n) is 8.97.